The van der Waals surface area contributed by atoms with Crippen LogP contribution in [0, 0.1) is 6.92 Å². The van der Waals surface area contributed by atoms with Crippen LogP contribution in [0.4, 0.5) is 13.2 Å². The second-order valence-corrected chi connectivity index (χ2v) is 8.08. The quantitative estimate of drug-likeness (QED) is 0.386. The largest absolute Gasteiger partial charge is 0.497 e. The van der Waals surface area contributed by atoms with Crippen molar-refractivity contribution >= 4 is 16.9 Å². The Morgan fingerprint density at radius 2 is 1.97 bits per heavy atom. The van der Waals surface area contributed by atoms with Crippen LogP contribution in [0.1, 0.15) is 23.0 Å². The zero-order chi connectivity index (χ0) is 26.0. The second kappa shape index (κ2) is 9.72. The number of nitrogens with zero attached hydrogens (tertiary/aromatic N) is 2. The lowest BCUT2D eigenvalue weighted by atomic mass is 9.95. The van der Waals surface area contributed by atoms with Crippen molar-refractivity contribution in [2.75, 3.05) is 13.7 Å². The SMILES string of the molecule is COc1ccc2c(c1)CC(c1nc3cc(-c4cn[nH]c4C)ccc3c(=O)[nH]1)CO2.O=C(O)C(F)(F)F. The van der Waals surface area contributed by atoms with E-state index in [9.17, 15) is 18.0 Å². The molecule has 0 saturated carbocycles. The van der Waals surface area contributed by atoms with E-state index in [0.29, 0.717) is 23.3 Å². The number of halogens is 3. The molecule has 3 heterocycles. The number of hydrogen-bond donors (Lipinski definition) is 3. The number of fused-ring (bicyclic) bond motifs is 2. The number of aliphatic carboxylic acids is 1. The zero-order valence-corrected chi connectivity index (χ0v) is 19.1. The Labute approximate surface area is 201 Å². The van der Waals surface area contributed by atoms with Gasteiger partial charge in [-0.15, -0.1) is 0 Å². The first-order valence-electron chi connectivity index (χ1n) is 10.7. The Hall–Kier alpha value is -4.35. The predicted molar refractivity (Wildman–Crippen MR) is 123 cm³/mol. The summed E-state index contributed by atoms with van der Waals surface area (Å²) < 4.78 is 43.0. The maximum absolute atomic E-state index is 12.7. The Kier molecular flexibility index (Phi) is 6.69. The third-order valence-electron chi connectivity index (χ3n) is 5.67. The Morgan fingerprint density at radius 1 is 1.22 bits per heavy atom. The van der Waals surface area contributed by atoms with Crippen LogP contribution in [-0.2, 0) is 11.2 Å². The molecule has 188 valence electrons. The molecular formula is C24H21F3N4O5. The van der Waals surface area contributed by atoms with Crippen LogP contribution in [0.25, 0.3) is 22.0 Å². The molecule has 0 amide bonds. The second-order valence-electron chi connectivity index (χ2n) is 8.08. The highest BCUT2D eigenvalue weighted by Crippen LogP contribution is 2.34. The molecule has 1 aliphatic rings. The molecule has 1 aliphatic heterocycles. The molecule has 0 radical (unpaired) electrons. The van der Waals surface area contributed by atoms with Crippen LogP contribution in [-0.4, -0.2) is 51.1 Å². The van der Waals surface area contributed by atoms with Gasteiger partial charge in [0.2, 0.25) is 0 Å². The lowest BCUT2D eigenvalue weighted by molar-refractivity contribution is -0.192. The lowest BCUT2D eigenvalue weighted by Gasteiger charge is -2.25. The Morgan fingerprint density at radius 3 is 2.61 bits per heavy atom. The number of hydrogen-bond acceptors (Lipinski definition) is 6. The molecule has 0 saturated heterocycles. The van der Waals surface area contributed by atoms with Crippen LogP contribution in [0.5, 0.6) is 11.5 Å². The number of aromatic amines is 2. The number of benzene rings is 2. The molecule has 2 aromatic carbocycles. The molecule has 2 aromatic heterocycles. The van der Waals surface area contributed by atoms with E-state index in [2.05, 4.69) is 15.2 Å². The summed E-state index contributed by atoms with van der Waals surface area (Å²) in [5, 5.41) is 14.7. The fourth-order valence-electron chi connectivity index (χ4n) is 3.83. The molecule has 0 spiro atoms. The van der Waals surface area contributed by atoms with Gasteiger partial charge in [0.15, 0.2) is 0 Å². The van der Waals surface area contributed by atoms with E-state index >= 15 is 0 Å². The molecule has 4 aromatic rings. The summed E-state index contributed by atoms with van der Waals surface area (Å²) in [6.45, 7) is 2.43. The van der Waals surface area contributed by atoms with Gasteiger partial charge in [-0.05, 0) is 54.8 Å². The van der Waals surface area contributed by atoms with E-state index < -0.39 is 12.1 Å². The first kappa shape index (κ1) is 24.8. The number of alkyl halides is 3. The van der Waals surface area contributed by atoms with Gasteiger partial charge in [0.1, 0.15) is 17.3 Å². The van der Waals surface area contributed by atoms with Gasteiger partial charge in [0.25, 0.3) is 5.56 Å². The fourth-order valence-corrected chi connectivity index (χ4v) is 3.83. The van der Waals surface area contributed by atoms with Gasteiger partial charge >= 0.3 is 12.1 Å². The van der Waals surface area contributed by atoms with Crippen molar-refractivity contribution in [1.29, 1.82) is 0 Å². The number of ether oxygens (including phenoxy) is 2. The van der Waals surface area contributed by atoms with Gasteiger partial charge in [-0.2, -0.15) is 18.3 Å². The molecular weight excluding hydrogens is 481 g/mol. The molecule has 36 heavy (non-hydrogen) atoms. The molecule has 0 aliphatic carbocycles. The zero-order valence-electron chi connectivity index (χ0n) is 19.1. The molecule has 12 heteroatoms. The normalized spacial score (nSPS) is 14.9. The summed E-state index contributed by atoms with van der Waals surface area (Å²) in [4.78, 5) is 29.3. The minimum absolute atomic E-state index is 0.0361. The van der Waals surface area contributed by atoms with Crippen molar-refractivity contribution in [3.8, 4) is 22.6 Å². The van der Waals surface area contributed by atoms with Gasteiger partial charge in [-0.1, -0.05) is 6.07 Å². The van der Waals surface area contributed by atoms with E-state index in [1.54, 1.807) is 13.3 Å². The first-order valence-corrected chi connectivity index (χ1v) is 10.7. The smallest absolute Gasteiger partial charge is 0.490 e. The number of aryl methyl sites for hydroxylation is 1. The number of rotatable bonds is 3. The summed E-state index contributed by atoms with van der Waals surface area (Å²) in [7, 11) is 1.64. The first-order chi connectivity index (χ1) is 17.1. The lowest BCUT2D eigenvalue weighted by Crippen LogP contribution is -2.24. The topological polar surface area (TPSA) is 130 Å². The highest BCUT2D eigenvalue weighted by atomic mass is 19.4. The Balaban J connectivity index is 0.000000384. The van der Waals surface area contributed by atoms with Crippen LogP contribution < -0.4 is 15.0 Å². The van der Waals surface area contributed by atoms with Gasteiger partial charge in [-0.3, -0.25) is 9.89 Å². The Bertz CT molecular complexity index is 1480. The van der Waals surface area contributed by atoms with Crippen molar-refractivity contribution in [2.24, 2.45) is 0 Å². The third kappa shape index (κ3) is 5.16. The van der Waals surface area contributed by atoms with Crippen molar-refractivity contribution in [3.05, 3.63) is 70.0 Å². The van der Waals surface area contributed by atoms with Crippen LogP contribution >= 0.6 is 0 Å². The fraction of sp³-hybridized carbons (Fsp3) is 0.250. The maximum Gasteiger partial charge on any atom is 0.490 e. The average Bonchev–Trinajstić information content (AvgIpc) is 3.28. The number of carboxylic acids is 1. The number of nitrogens with one attached hydrogen (secondary N) is 2. The monoisotopic (exact) mass is 502 g/mol. The van der Waals surface area contributed by atoms with Crippen molar-refractivity contribution in [2.45, 2.75) is 25.4 Å². The van der Waals surface area contributed by atoms with Crippen LogP contribution in [0.2, 0.25) is 0 Å². The highest BCUT2D eigenvalue weighted by molar-refractivity contribution is 5.84. The van der Waals surface area contributed by atoms with Gasteiger partial charge in [-0.25, -0.2) is 9.78 Å². The van der Waals surface area contributed by atoms with Crippen molar-refractivity contribution < 1.29 is 32.5 Å². The van der Waals surface area contributed by atoms with Gasteiger partial charge < -0.3 is 19.6 Å². The van der Waals surface area contributed by atoms with Crippen molar-refractivity contribution in [1.82, 2.24) is 20.2 Å². The molecule has 0 bridgehead atoms. The van der Waals surface area contributed by atoms with Crippen LogP contribution in [0.3, 0.4) is 0 Å². The number of aromatic nitrogens is 4. The number of methoxy groups -OCH3 is 1. The van der Waals surface area contributed by atoms with Crippen LogP contribution in [0.15, 0.2) is 47.4 Å². The highest BCUT2D eigenvalue weighted by Gasteiger charge is 2.38. The van der Waals surface area contributed by atoms with E-state index in [0.717, 1.165) is 40.3 Å². The number of carboxylic acid groups (broad SMARTS) is 1. The molecule has 0 fully saturated rings. The molecule has 5 rings (SSSR count). The summed E-state index contributed by atoms with van der Waals surface area (Å²) in [5.74, 6) is -0.522. The van der Waals surface area contributed by atoms with E-state index in [-0.39, 0.29) is 11.5 Å². The summed E-state index contributed by atoms with van der Waals surface area (Å²) in [6, 6.07) is 11.4. The summed E-state index contributed by atoms with van der Waals surface area (Å²) in [6.07, 6.45) is -2.58. The molecule has 9 nitrogen and oxygen atoms in total. The van der Waals surface area contributed by atoms with E-state index in [1.165, 1.54) is 0 Å². The summed E-state index contributed by atoms with van der Waals surface area (Å²) in [5.41, 5.74) is 4.52. The van der Waals surface area contributed by atoms with Gasteiger partial charge in [0, 0.05) is 11.3 Å². The maximum atomic E-state index is 12.7. The molecule has 3 N–H and O–H groups in total. The molecule has 1 atom stereocenters. The van der Waals surface area contributed by atoms with Gasteiger partial charge in [0.05, 0.1) is 36.7 Å². The standard InChI is InChI=1S/C22H20N4O3.C2HF3O2/c1-12-18(10-23-26-12)13-3-5-17-19(9-13)24-21(25-22(17)27)15-7-14-8-16(28-2)4-6-20(14)29-11-15;3-2(4,5)1(6)7/h3-6,8-10,15H,7,11H2,1-2H3,(H,23,26)(H,24,25,27);(H,6,7). The van der Waals surface area contributed by atoms with E-state index in [1.807, 2.05) is 43.3 Å². The third-order valence-corrected chi connectivity index (χ3v) is 5.67. The minimum atomic E-state index is -5.08. The van der Waals surface area contributed by atoms with E-state index in [4.69, 9.17) is 24.4 Å². The minimum Gasteiger partial charge on any atom is -0.497 e. The average molecular weight is 502 g/mol. The molecule has 1 unspecified atom stereocenters. The van der Waals surface area contributed by atoms with Crippen molar-refractivity contribution in [3.63, 3.8) is 0 Å². The number of H-pyrrole nitrogens is 2. The summed E-state index contributed by atoms with van der Waals surface area (Å²) >= 11 is 0. The predicted octanol–water partition coefficient (Wildman–Crippen LogP) is 3.98. The number of carbonyl (C=O) groups is 1.